The summed E-state index contributed by atoms with van der Waals surface area (Å²) in [5, 5.41) is 7.41. The van der Waals surface area contributed by atoms with Crippen LogP contribution in [-0.4, -0.2) is 17.9 Å². The van der Waals surface area contributed by atoms with Crippen molar-refractivity contribution >= 4 is 28.7 Å². The minimum Gasteiger partial charge on any atom is -0.339 e. The minimum absolute atomic E-state index is 0.198. The van der Waals surface area contributed by atoms with E-state index in [0.717, 1.165) is 16.3 Å². The molecule has 0 unspecified atom stereocenters. The van der Waals surface area contributed by atoms with E-state index in [9.17, 15) is 9.59 Å². The molecule has 100 valence electrons. The van der Waals surface area contributed by atoms with Crippen molar-refractivity contribution in [2.45, 2.75) is 13.0 Å². The van der Waals surface area contributed by atoms with E-state index < -0.39 is 6.04 Å². The Labute approximate surface area is 116 Å². The van der Waals surface area contributed by atoms with Crippen molar-refractivity contribution in [3.8, 4) is 0 Å². The molecule has 0 spiro atoms. The third kappa shape index (κ3) is 2.16. The van der Waals surface area contributed by atoms with Gasteiger partial charge < -0.3 is 10.6 Å². The van der Waals surface area contributed by atoms with Crippen LogP contribution in [0.5, 0.6) is 0 Å². The highest BCUT2D eigenvalue weighted by atomic mass is 16.2. The van der Waals surface area contributed by atoms with Gasteiger partial charge in [-0.15, -0.1) is 0 Å². The van der Waals surface area contributed by atoms with Gasteiger partial charge in [-0.3, -0.25) is 9.59 Å². The number of benzene rings is 2. The second-order valence-corrected chi connectivity index (χ2v) is 4.81. The van der Waals surface area contributed by atoms with E-state index in [1.165, 1.54) is 0 Å². The van der Waals surface area contributed by atoms with E-state index in [1.807, 2.05) is 42.5 Å². The summed E-state index contributed by atoms with van der Waals surface area (Å²) in [6.45, 7) is 1.65. The van der Waals surface area contributed by atoms with Crippen LogP contribution in [-0.2, 0) is 9.59 Å². The van der Waals surface area contributed by atoms with Gasteiger partial charge >= 0.3 is 0 Å². The topological polar surface area (TPSA) is 58.2 Å². The molecule has 0 bridgehead atoms. The van der Waals surface area contributed by atoms with E-state index >= 15 is 0 Å². The zero-order valence-electron chi connectivity index (χ0n) is 11.0. The summed E-state index contributed by atoms with van der Waals surface area (Å²) in [4.78, 5) is 23.5. The maximum atomic E-state index is 11.9. The summed E-state index contributed by atoms with van der Waals surface area (Å²) in [7, 11) is 0. The minimum atomic E-state index is -0.493. The predicted octanol–water partition coefficient (Wildman–Crippen LogP) is 1.82. The molecule has 2 aromatic carbocycles. The average Bonchev–Trinajstić information content (AvgIpc) is 2.45. The van der Waals surface area contributed by atoms with Gasteiger partial charge in [0.15, 0.2) is 0 Å². The molecule has 4 nitrogen and oxygen atoms in total. The molecule has 1 atom stereocenters. The first-order chi connectivity index (χ1) is 9.65. The maximum absolute atomic E-state index is 11.9. The SMILES string of the molecule is C[C@@H]1NC(=O)/C(=C\c2cccc3ccccc23)NC1=O. The number of carbonyl (C=O) groups excluding carboxylic acids is 2. The summed E-state index contributed by atoms with van der Waals surface area (Å²) < 4.78 is 0. The fraction of sp³-hybridized carbons (Fsp3) is 0.125. The smallest absolute Gasteiger partial charge is 0.268 e. The molecule has 0 radical (unpaired) electrons. The summed E-state index contributed by atoms with van der Waals surface area (Å²) in [5.41, 5.74) is 1.19. The molecule has 1 fully saturated rings. The lowest BCUT2D eigenvalue weighted by Crippen LogP contribution is -2.53. The zero-order chi connectivity index (χ0) is 14.1. The van der Waals surface area contributed by atoms with E-state index in [-0.39, 0.29) is 17.5 Å². The molecule has 2 amide bonds. The van der Waals surface area contributed by atoms with Crippen molar-refractivity contribution in [3.05, 3.63) is 53.7 Å². The highest BCUT2D eigenvalue weighted by Gasteiger charge is 2.26. The van der Waals surface area contributed by atoms with Crippen LogP contribution in [0.15, 0.2) is 48.2 Å². The number of hydrogen-bond acceptors (Lipinski definition) is 2. The molecule has 2 aromatic rings. The van der Waals surface area contributed by atoms with Gasteiger partial charge in [-0.2, -0.15) is 0 Å². The van der Waals surface area contributed by atoms with Gasteiger partial charge in [0.1, 0.15) is 11.7 Å². The maximum Gasteiger partial charge on any atom is 0.268 e. The number of carbonyl (C=O) groups is 2. The van der Waals surface area contributed by atoms with Crippen molar-refractivity contribution in [3.63, 3.8) is 0 Å². The third-order valence-electron chi connectivity index (χ3n) is 3.37. The van der Waals surface area contributed by atoms with Crippen LogP contribution < -0.4 is 10.6 Å². The van der Waals surface area contributed by atoms with Crippen molar-refractivity contribution in [2.24, 2.45) is 0 Å². The molecular formula is C16H14N2O2. The van der Waals surface area contributed by atoms with Crippen molar-refractivity contribution in [1.82, 2.24) is 10.6 Å². The number of nitrogens with one attached hydrogen (secondary N) is 2. The summed E-state index contributed by atoms with van der Waals surface area (Å²) in [6, 6.07) is 13.3. The summed E-state index contributed by atoms with van der Waals surface area (Å²) in [6.07, 6.45) is 1.71. The molecule has 1 heterocycles. The van der Waals surface area contributed by atoms with Crippen molar-refractivity contribution < 1.29 is 9.59 Å². The Morgan fingerprint density at radius 3 is 2.65 bits per heavy atom. The number of rotatable bonds is 1. The Hall–Kier alpha value is -2.62. The van der Waals surface area contributed by atoms with Gasteiger partial charge in [0.2, 0.25) is 5.91 Å². The van der Waals surface area contributed by atoms with Crippen LogP contribution in [0.4, 0.5) is 0 Å². The second-order valence-electron chi connectivity index (χ2n) is 4.81. The summed E-state index contributed by atoms with van der Waals surface area (Å²) in [5.74, 6) is -0.457. The molecule has 0 aromatic heterocycles. The molecule has 3 rings (SSSR count). The highest BCUT2D eigenvalue weighted by Crippen LogP contribution is 2.21. The quantitative estimate of drug-likeness (QED) is 0.773. The van der Waals surface area contributed by atoms with Crippen LogP contribution in [0.1, 0.15) is 12.5 Å². The lowest BCUT2D eigenvalue weighted by Gasteiger charge is -2.22. The van der Waals surface area contributed by atoms with E-state index in [4.69, 9.17) is 0 Å². The van der Waals surface area contributed by atoms with Crippen molar-refractivity contribution in [1.29, 1.82) is 0 Å². The van der Waals surface area contributed by atoms with Crippen LogP contribution in [0.3, 0.4) is 0 Å². The van der Waals surface area contributed by atoms with Crippen LogP contribution in [0.2, 0.25) is 0 Å². The Morgan fingerprint density at radius 2 is 1.80 bits per heavy atom. The van der Waals surface area contributed by atoms with Crippen molar-refractivity contribution in [2.75, 3.05) is 0 Å². The lowest BCUT2D eigenvalue weighted by atomic mass is 10.0. The normalized spacial score (nSPS) is 20.9. The molecule has 0 saturated carbocycles. The first-order valence-corrected chi connectivity index (χ1v) is 6.46. The second kappa shape index (κ2) is 4.81. The third-order valence-corrected chi connectivity index (χ3v) is 3.37. The van der Waals surface area contributed by atoms with Gasteiger partial charge in [0, 0.05) is 0 Å². The average molecular weight is 266 g/mol. The fourth-order valence-corrected chi connectivity index (χ4v) is 2.27. The van der Waals surface area contributed by atoms with E-state index in [1.54, 1.807) is 13.0 Å². The van der Waals surface area contributed by atoms with Crippen LogP contribution >= 0.6 is 0 Å². The number of amides is 2. The van der Waals surface area contributed by atoms with Gasteiger partial charge in [0.05, 0.1) is 0 Å². The predicted molar refractivity (Wildman–Crippen MR) is 77.7 cm³/mol. The Bertz CT molecular complexity index is 729. The molecule has 20 heavy (non-hydrogen) atoms. The van der Waals surface area contributed by atoms with Crippen LogP contribution in [0, 0.1) is 0 Å². The first kappa shape index (κ1) is 12.4. The standard InChI is InChI=1S/C16H14N2O2/c1-10-15(19)18-14(16(20)17-10)9-12-7-4-6-11-5-2-3-8-13(11)12/h2-10H,1H3,(H,17,20)(H,18,19)/b14-9+/t10-/m0/s1. The monoisotopic (exact) mass is 266 g/mol. The van der Waals surface area contributed by atoms with E-state index in [0.29, 0.717) is 0 Å². The molecule has 4 heteroatoms. The van der Waals surface area contributed by atoms with Crippen LogP contribution in [0.25, 0.3) is 16.8 Å². The van der Waals surface area contributed by atoms with Gasteiger partial charge in [-0.1, -0.05) is 42.5 Å². The Kier molecular flexibility index (Phi) is 2.99. The van der Waals surface area contributed by atoms with E-state index in [2.05, 4.69) is 10.6 Å². The van der Waals surface area contributed by atoms with Gasteiger partial charge in [-0.05, 0) is 29.3 Å². The first-order valence-electron chi connectivity index (χ1n) is 6.46. The molecule has 0 aliphatic carbocycles. The number of piperazine rings is 1. The van der Waals surface area contributed by atoms with Gasteiger partial charge in [0.25, 0.3) is 5.91 Å². The number of hydrogen-bond donors (Lipinski definition) is 2. The summed E-state index contributed by atoms with van der Waals surface area (Å²) >= 11 is 0. The molecule has 2 N–H and O–H groups in total. The van der Waals surface area contributed by atoms with Gasteiger partial charge in [-0.25, -0.2) is 0 Å². The molecule has 1 saturated heterocycles. The molecular weight excluding hydrogens is 252 g/mol. The lowest BCUT2D eigenvalue weighted by molar-refractivity contribution is -0.130. The number of fused-ring (bicyclic) bond motifs is 1. The largest absolute Gasteiger partial charge is 0.339 e. The fourth-order valence-electron chi connectivity index (χ4n) is 2.27. The zero-order valence-corrected chi connectivity index (χ0v) is 11.0. The Morgan fingerprint density at radius 1 is 1.05 bits per heavy atom. The molecule has 1 aliphatic rings. The Balaban J connectivity index is 2.06. The molecule has 1 aliphatic heterocycles. The highest BCUT2D eigenvalue weighted by molar-refractivity contribution is 6.08.